The molecule has 1 nitrogen and oxygen atoms in total. The molecule has 0 aliphatic heterocycles. The van der Waals surface area contributed by atoms with E-state index in [1.54, 1.807) is 0 Å². The highest BCUT2D eigenvalue weighted by atomic mass is 32.1. The molecule has 0 radical (unpaired) electrons. The van der Waals surface area contributed by atoms with Crippen LogP contribution in [0.25, 0.3) is 83.4 Å². The highest BCUT2D eigenvalue weighted by molar-refractivity contribution is 7.26. The lowest BCUT2D eigenvalue weighted by molar-refractivity contribution is 1.31. The molecule has 0 saturated heterocycles. The summed E-state index contributed by atoms with van der Waals surface area (Å²) in [6.45, 7) is 0. The Bertz CT molecular complexity index is 3130. The van der Waals surface area contributed by atoms with Gasteiger partial charge >= 0.3 is 0 Å². The fourth-order valence-electron chi connectivity index (χ4n) is 7.99. The first-order valence-electron chi connectivity index (χ1n) is 16.7. The summed E-state index contributed by atoms with van der Waals surface area (Å²) in [5.74, 6) is 0. The zero-order chi connectivity index (χ0) is 32.1. The SMILES string of the molecule is c1ccc2c(c1)ccc1c3cccc(N(c4ccc5c(c4)sc4ccc6ccccc6c45)c4ccc5sc6ccccc6c5c4)c3ccc21. The quantitative estimate of drug-likeness (QED) is 0.171. The molecular weight excluding hydrogens is 631 g/mol. The molecule has 0 fully saturated rings. The van der Waals surface area contributed by atoms with E-state index in [0.29, 0.717) is 0 Å². The van der Waals surface area contributed by atoms with E-state index in [1.807, 2.05) is 22.7 Å². The van der Waals surface area contributed by atoms with Gasteiger partial charge in [-0.2, -0.15) is 0 Å². The maximum atomic E-state index is 2.48. The average molecular weight is 658 g/mol. The van der Waals surface area contributed by atoms with Crippen LogP contribution >= 0.6 is 22.7 Å². The van der Waals surface area contributed by atoms with E-state index >= 15 is 0 Å². The Morgan fingerprint density at radius 3 is 1.80 bits per heavy atom. The van der Waals surface area contributed by atoms with Gasteiger partial charge in [0, 0.05) is 57.1 Å². The highest BCUT2D eigenvalue weighted by Gasteiger charge is 2.20. The van der Waals surface area contributed by atoms with E-state index in [4.69, 9.17) is 0 Å². The Balaban J connectivity index is 1.19. The van der Waals surface area contributed by atoms with Gasteiger partial charge in [0.15, 0.2) is 0 Å². The van der Waals surface area contributed by atoms with Crippen molar-refractivity contribution in [2.45, 2.75) is 0 Å². The molecular formula is C46H27NS2. The van der Waals surface area contributed by atoms with Gasteiger partial charge in [-0.3, -0.25) is 0 Å². The van der Waals surface area contributed by atoms with Crippen molar-refractivity contribution in [1.82, 2.24) is 0 Å². The second kappa shape index (κ2) is 10.4. The third-order valence-corrected chi connectivity index (χ3v) is 12.5. The molecule has 49 heavy (non-hydrogen) atoms. The molecule has 3 heteroatoms. The molecule has 0 unspecified atom stereocenters. The number of fused-ring (bicyclic) bond motifs is 13. The smallest absolute Gasteiger partial charge is 0.0540 e. The number of thiophene rings is 2. The fourth-order valence-corrected chi connectivity index (χ4v) is 10.2. The summed E-state index contributed by atoms with van der Waals surface area (Å²) < 4.78 is 5.26. The minimum absolute atomic E-state index is 1.16. The van der Waals surface area contributed by atoms with Crippen LogP contribution in [0.5, 0.6) is 0 Å². The fraction of sp³-hybridized carbons (Fsp3) is 0. The number of benzene rings is 9. The van der Waals surface area contributed by atoms with E-state index in [9.17, 15) is 0 Å². The Morgan fingerprint density at radius 1 is 0.306 bits per heavy atom. The molecule has 2 heterocycles. The van der Waals surface area contributed by atoms with Crippen LogP contribution in [0.3, 0.4) is 0 Å². The van der Waals surface area contributed by atoms with Gasteiger partial charge in [0.25, 0.3) is 0 Å². The van der Waals surface area contributed by atoms with Crippen molar-refractivity contribution in [2.75, 3.05) is 4.90 Å². The van der Waals surface area contributed by atoms with E-state index in [1.165, 1.54) is 89.1 Å². The predicted molar refractivity (Wildman–Crippen MR) is 217 cm³/mol. The van der Waals surface area contributed by atoms with Gasteiger partial charge in [-0.05, 0) is 86.2 Å². The first-order valence-corrected chi connectivity index (χ1v) is 18.3. The normalized spacial score (nSPS) is 12.1. The lowest BCUT2D eigenvalue weighted by Crippen LogP contribution is -2.10. The van der Waals surface area contributed by atoms with Crippen molar-refractivity contribution in [3.05, 3.63) is 164 Å². The monoisotopic (exact) mass is 657 g/mol. The second-order valence-electron chi connectivity index (χ2n) is 12.9. The molecule has 11 aromatic rings. The molecule has 11 rings (SSSR count). The predicted octanol–water partition coefficient (Wildman–Crippen LogP) is 14.5. The van der Waals surface area contributed by atoms with Crippen molar-refractivity contribution in [3.8, 4) is 0 Å². The van der Waals surface area contributed by atoms with Gasteiger partial charge in [0.05, 0.1) is 5.69 Å². The van der Waals surface area contributed by atoms with Crippen LogP contribution in [-0.4, -0.2) is 0 Å². The van der Waals surface area contributed by atoms with Gasteiger partial charge in [-0.25, -0.2) is 0 Å². The minimum atomic E-state index is 1.16. The highest BCUT2D eigenvalue weighted by Crippen LogP contribution is 2.46. The summed E-state index contributed by atoms with van der Waals surface area (Å²) >= 11 is 3.75. The van der Waals surface area contributed by atoms with Crippen LogP contribution in [0.1, 0.15) is 0 Å². The zero-order valence-corrected chi connectivity index (χ0v) is 28.0. The molecule has 0 spiro atoms. The molecule has 0 N–H and O–H groups in total. The number of hydrogen-bond donors (Lipinski definition) is 0. The summed E-state index contributed by atoms with van der Waals surface area (Å²) in [6, 6.07) is 60.8. The van der Waals surface area contributed by atoms with Crippen LogP contribution < -0.4 is 4.90 Å². The molecule has 2 aromatic heterocycles. The van der Waals surface area contributed by atoms with E-state index in [2.05, 4.69) is 169 Å². The Morgan fingerprint density at radius 2 is 0.878 bits per heavy atom. The topological polar surface area (TPSA) is 3.24 Å². The van der Waals surface area contributed by atoms with Gasteiger partial charge in [-0.1, -0.05) is 115 Å². The molecule has 0 atom stereocenters. The van der Waals surface area contributed by atoms with Crippen molar-refractivity contribution < 1.29 is 0 Å². The van der Waals surface area contributed by atoms with Crippen LogP contribution in [0, 0.1) is 0 Å². The number of rotatable bonds is 3. The van der Waals surface area contributed by atoms with Gasteiger partial charge in [0.1, 0.15) is 0 Å². The van der Waals surface area contributed by atoms with E-state index < -0.39 is 0 Å². The lowest BCUT2D eigenvalue weighted by atomic mass is 9.96. The largest absolute Gasteiger partial charge is 0.310 e. The summed E-state index contributed by atoms with van der Waals surface area (Å²) in [6.07, 6.45) is 0. The standard InChI is InChI=1S/C46H27NS2/c1-3-10-32-28(8-1)16-20-36-34-13-7-14-41(37(34)23-22-35(32)36)47(30-19-25-43-40(26-30)38-12-5-6-15-42(38)48-43)31-18-21-39-45(27-31)49-44-24-17-29-9-2-4-11-33(29)46(39)44/h1-27H. The van der Waals surface area contributed by atoms with Gasteiger partial charge < -0.3 is 4.90 Å². The summed E-state index contributed by atoms with van der Waals surface area (Å²) in [4.78, 5) is 2.48. The van der Waals surface area contributed by atoms with Crippen LogP contribution in [-0.2, 0) is 0 Å². The maximum Gasteiger partial charge on any atom is 0.0540 e. The lowest BCUT2D eigenvalue weighted by Gasteiger charge is -2.27. The number of anilines is 3. The van der Waals surface area contributed by atoms with Crippen LogP contribution in [0.4, 0.5) is 17.1 Å². The summed E-state index contributed by atoms with van der Waals surface area (Å²) in [7, 11) is 0. The Kier molecular flexibility index (Phi) is 5.77. The molecule has 0 saturated carbocycles. The Labute approximate surface area is 290 Å². The first-order chi connectivity index (χ1) is 24.3. The Hall–Kier alpha value is -5.74. The van der Waals surface area contributed by atoms with Crippen molar-refractivity contribution >= 4 is 123 Å². The molecule has 0 aliphatic rings. The summed E-state index contributed by atoms with van der Waals surface area (Å²) in [5, 5.41) is 15.5. The molecule has 0 bridgehead atoms. The third kappa shape index (κ3) is 4.04. The molecule has 0 aliphatic carbocycles. The van der Waals surface area contributed by atoms with Crippen LogP contribution in [0.2, 0.25) is 0 Å². The van der Waals surface area contributed by atoms with Crippen LogP contribution in [0.15, 0.2) is 164 Å². The maximum absolute atomic E-state index is 2.48. The molecule has 228 valence electrons. The van der Waals surface area contributed by atoms with Crippen molar-refractivity contribution in [1.29, 1.82) is 0 Å². The second-order valence-corrected chi connectivity index (χ2v) is 15.0. The average Bonchev–Trinajstić information content (AvgIpc) is 3.73. The first kappa shape index (κ1) is 27.2. The van der Waals surface area contributed by atoms with Crippen molar-refractivity contribution in [2.24, 2.45) is 0 Å². The number of nitrogens with zero attached hydrogens (tertiary/aromatic N) is 1. The van der Waals surface area contributed by atoms with Crippen molar-refractivity contribution in [3.63, 3.8) is 0 Å². The van der Waals surface area contributed by atoms with Gasteiger partial charge in [0.2, 0.25) is 0 Å². The van der Waals surface area contributed by atoms with Gasteiger partial charge in [-0.15, -0.1) is 22.7 Å². The number of hydrogen-bond acceptors (Lipinski definition) is 3. The molecule has 9 aromatic carbocycles. The third-order valence-electron chi connectivity index (χ3n) is 10.2. The zero-order valence-electron chi connectivity index (χ0n) is 26.4. The minimum Gasteiger partial charge on any atom is -0.310 e. The molecule has 0 amide bonds. The van der Waals surface area contributed by atoms with E-state index in [0.717, 1.165) is 11.4 Å². The summed E-state index contributed by atoms with van der Waals surface area (Å²) in [5.41, 5.74) is 3.50. The van der Waals surface area contributed by atoms with E-state index in [-0.39, 0.29) is 0 Å².